The summed E-state index contributed by atoms with van der Waals surface area (Å²) in [5, 5.41) is 3.05. The van der Waals surface area contributed by atoms with Gasteiger partial charge in [-0.25, -0.2) is 0 Å². The summed E-state index contributed by atoms with van der Waals surface area (Å²) in [6.45, 7) is 4.96. The molecule has 0 spiro atoms. The van der Waals surface area contributed by atoms with E-state index in [9.17, 15) is 4.79 Å². The quantitative estimate of drug-likeness (QED) is 0.776. The van der Waals surface area contributed by atoms with Crippen molar-refractivity contribution in [1.82, 2.24) is 10.2 Å². The molecule has 0 saturated heterocycles. The smallest absolute Gasteiger partial charge is 0.255 e. The Morgan fingerprint density at radius 1 is 1.40 bits per heavy atom. The fourth-order valence-electron chi connectivity index (χ4n) is 1.97. The number of benzene rings is 1. The van der Waals surface area contributed by atoms with Gasteiger partial charge in [0.1, 0.15) is 5.75 Å². The van der Waals surface area contributed by atoms with E-state index in [4.69, 9.17) is 10.5 Å². The Balaban J connectivity index is 2.91. The second-order valence-electron chi connectivity index (χ2n) is 5.55. The minimum atomic E-state index is -0.158. The molecule has 1 amide bonds. The van der Waals surface area contributed by atoms with Gasteiger partial charge in [0.2, 0.25) is 0 Å². The number of hydrogen-bond donors (Lipinski definition) is 2. The van der Waals surface area contributed by atoms with E-state index < -0.39 is 0 Å². The van der Waals surface area contributed by atoms with Crippen molar-refractivity contribution in [1.29, 1.82) is 0 Å². The van der Waals surface area contributed by atoms with Gasteiger partial charge in [0.05, 0.1) is 12.7 Å². The fraction of sp³-hybridized carbons (Fsp3) is 0.533. The predicted molar refractivity (Wildman–Crippen MR) is 82.1 cm³/mol. The summed E-state index contributed by atoms with van der Waals surface area (Å²) < 4.78 is 5.22. The second kappa shape index (κ2) is 7.14. The third kappa shape index (κ3) is 4.42. The van der Waals surface area contributed by atoms with Crippen molar-refractivity contribution in [3.8, 4) is 5.75 Å². The van der Waals surface area contributed by atoms with Crippen LogP contribution in [0.25, 0.3) is 0 Å². The van der Waals surface area contributed by atoms with E-state index in [1.807, 2.05) is 14.1 Å². The Bertz CT molecular complexity index is 458. The van der Waals surface area contributed by atoms with Gasteiger partial charge in [0.15, 0.2) is 0 Å². The number of nitrogens with zero attached hydrogens (tertiary/aromatic N) is 1. The molecule has 0 heterocycles. The van der Waals surface area contributed by atoms with Crippen molar-refractivity contribution in [2.45, 2.75) is 19.9 Å². The van der Waals surface area contributed by atoms with Crippen LogP contribution >= 0.6 is 0 Å². The third-order valence-electron chi connectivity index (χ3n) is 3.15. The second-order valence-corrected chi connectivity index (χ2v) is 5.55. The Labute approximate surface area is 121 Å². The molecular formula is C15H25N3O2. The van der Waals surface area contributed by atoms with Crippen LogP contribution in [0.4, 0.5) is 5.69 Å². The lowest BCUT2D eigenvalue weighted by Gasteiger charge is -2.26. The molecule has 5 nitrogen and oxygen atoms in total. The van der Waals surface area contributed by atoms with Crippen molar-refractivity contribution >= 4 is 11.6 Å². The first-order valence-corrected chi connectivity index (χ1v) is 6.74. The highest BCUT2D eigenvalue weighted by atomic mass is 16.5. The molecule has 20 heavy (non-hydrogen) atoms. The molecule has 1 unspecified atom stereocenters. The van der Waals surface area contributed by atoms with Gasteiger partial charge in [-0.05, 0) is 38.2 Å². The van der Waals surface area contributed by atoms with Crippen molar-refractivity contribution in [2.24, 2.45) is 5.92 Å². The van der Waals surface area contributed by atoms with Gasteiger partial charge in [-0.3, -0.25) is 4.79 Å². The van der Waals surface area contributed by atoms with Gasteiger partial charge in [-0.1, -0.05) is 13.8 Å². The van der Waals surface area contributed by atoms with Crippen LogP contribution in [0.1, 0.15) is 24.2 Å². The monoisotopic (exact) mass is 279 g/mol. The lowest BCUT2D eigenvalue weighted by atomic mass is 10.0. The van der Waals surface area contributed by atoms with Crippen LogP contribution < -0.4 is 15.8 Å². The van der Waals surface area contributed by atoms with Crippen LogP contribution in [0.15, 0.2) is 18.2 Å². The Morgan fingerprint density at radius 3 is 2.55 bits per heavy atom. The van der Waals surface area contributed by atoms with Crippen LogP contribution in [-0.4, -0.2) is 44.6 Å². The number of methoxy groups -OCH3 is 1. The number of nitrogens with one attached hydrogen (secondary N) is 1. The van der Waals surface area contributed by atoms with Crippen LogP contribution in [0.3, 0.4) is 0 Å². The molecule has 0 saturated carbocycles. The topological polar surface area (TPSA) is 67.6 Å². The summed E-state index contributed by atoms with van der Waals surface area (Å²) in [7, 11) is 5.52. The SMILES string of the molecule is COc1ccc(N)cc1C(=O)NC(CN(C)C)C(C)C. The van der Waals surface area contributed by atoms with Gasteiger partial charge in [0, 0.05) is 18.3 Å². The number of carbonyl (C=O) groups is 1. The molecule has 1 atom stereocenters. The molecule has 0 fully saturated rings. The summed E-state index contributed by atoms with van der Waals surface area (Å²) in [6.07, 6.45) is 0. The van der Waals surface area contributed by atoms with Crippen molar-refractivity contribution < 1.29 is 9.53 Å². The minimum absolute atomic E-state index is 0.0728. The molecule has 3 N–H and O–H groups in total. The first kappa shape index (κ1) is 16.3. The van der Waals surface area contributed by atoms with E-state index in [2.05, 4.69) is 24.1 Å². The molecule has 0 bridgehead atoms. The molecule has 1 rings (SSSR count). The van der Waals surface area contributed by atoms with Gasteiger partial charge in [-0.15, -0.1) is 0 Å². The van der Waals surface area contributed by atoms with Crippen LogP contribution in [0, 0.1) is 5.92 Å². The van der Waals surface area contributed by atoms with E-state index >= 15 is 0 Å². The average molecular weight is 279 g/mol. The fourth-order valence-corrected chi connectivity index (χ4v) is 1.97. The molecule has 0 aliphatic rings. The molecule has 112 valence electrons. The number of anilines is 1. The highest BCUT2D eigenvalue weighted by Crippen LogP contribution is 2.21. The highest BCUT2D eigenvalue weighted by Gasteiger charge is 2.20. The average Bonchev–Trinajstić information content (AvgIpc) is 2.37. The van der Waals surface area contributed by atoms with Gasteiger partial charge >= 0.3 is 0 Å². The van der Waals surface area contributed by atoms with E-state index in [0.717, 1.165) is 6.54 Å². The number of rotatable bonds is 6. The molecule has 0 aliphatic heterocycles. The third-order valence-corrected chi connectivity index (χ3v) is 3.15. The van der Waals surface area contributed by atoms with E-state index in [1.165, 1.54) is 0 Å². The van der Waals surface area contributed by atoms with Gasteiger partial charge in [0.25, 0.3) is 5.91 Å². The standard InChI is InChI=1S/C15H25N3O2/c1-10(2)13(9-18(3)4)17-15(19)12-8-11(16)6-7-14(12)20-5/h6-8,10,13H,9,16H2,1-5H3,(H,17,19). The Kier molecular flexibility index (Phi) is 5.82. The number of nitrogens with two attached hydrogens (primary N) is 1. The molecule has 5 heteroatoms. The lowest BCUT2D eigenvalue weighted by Crippen LogP contribution is -2.45. The zero-order valence-corrected chi connectivity index (χ0v) is 12.9. The zero-order chi connectivity index (χ0) is 15.3. The molecular weight excluding hydrogens is 254 g/mol. The molecule has 0 aliphatic carbocycles. The lowest BCUT2D eigenvalue weighted by molar-refractivity contribution is 0.0913. The van der Waals surface area contributed by atoms with Gasteiger partial charge < -0.3 is 20.7 Å². The molecule has 1 aromatic carbocycles. The Hall–Kier alpha value is -1.75. The summed E-state index contributed by atoms with van der Waals surface area (Å²) in [5.41, 5.74) is 6.76. The summed E-state index contributed by atoms with van der Waals surface area (Å²) in [4.78, 5) is 14.5. The minimum Gasteiger partial charge on any atom is -0.496 e. The number of amides is 1. The van der Waals surface area contributed by atoms with E-state index in [0.29, 0.717) is 22.9 Å². The van der Waals surface area contributed by atoms with Gasteiger partial charge in [-0.2, -0.15) is 0 Å². The van der Waals surface area contributed by atoms with Crippen LogP contribution in [0.5, 0.6) is 5.75 Å². The summed E-state index contributed by atoms with van der Waals surface area (Å²) in [6, 6.07) is 5.14. The largest absolute Gasteiger partial charge is 0.496 e. The van der Waals surface area contributed by atoms with Crippen LogP contribution in [0.2, 0.25) is 0 Å². The Morgan fingerprint density at radius 2 is 2.05 bits per heavy atom. The summed E-state index contributed by atoms with van der Waals surface area (Å²) in [5.74, 6) is 0.715. The molecule has 1 aromatic rings. The normalized spacial score (nSPS) is 12.6. The maximum Gasteiger partial charge on any atom is 0.255 e. The number of likely N-dealkylation sites (N-methyl/N-ethyl adjacent to an activating group) is 1. The number of nitrogen functional groups attached to an aromatic ring is 1. The number of hydrogen-bond acceptors (Lipinski definition) is 4. The van der Waals surface area contributed by atoms with E-state index in [1.54, 1.807) is 25.3 Å². The zero-order valence-electron chi connectivity index (χ0n) is 12.9. The summed E-state index contributed by atoms with van der Waals surface area (Å²) >= 11 is 0. The molecule has 0 aromatic heterocycles. The van der Waals surface area contributed by atoms with Crippen molar-refractivity contribution in [3.05, 3.63) is 23.8 Å². The van der Waals surface area contributed by atoms with Crippen molar-refractivity contribution in [2.75, 3.05) is 33.5 Å². The maximum atomic E-state index is 12.4. The highest BCUT2D eigenvalue weighted by molar-refractivity contribution is 5.98. The molecule has 0 radical (unpaired) electrons. The number of ether oxygens (including phenoxy) is 1. The first-order chi connectivity index (χ1) is 9.35. The van der Waals surface area contributed by atoms with Crippen molar-refractivity contribution in [3.63, 3.8) is 0 Å². The first-order valence-electron chi connectivity index (χ1n) is 6.74. The van der Waals surface area contributed by atoms with Crippen LogP contribution in [-0.2, 0) is 0 Å². The maximum absolute atomic E-state index is 12.4. The van der Waals surface area contributed by atoms with E-state index in [-0.39, 0.29) is 11.9 Å². The number of carbonyl (C=O) groups excluding carboxylic acids is 1. The predicted octanol–water partition coefficient (Wildman–Crippen LogP) is 1.59.